The lowest BCUT2D eigenvalue weighted by Crippen LogP contribution is -2.19. The van der Waals surface area contributed by atoms with Gasteiger partial charge in [-0.1, -0.05) is 0 Å². The number of rotatable bonds is 2. The van der Waals surface area contributed by atoms with Crippen LogP contribution >= 0.6 is 0 Å². The number of hydrogen-bond donors (Lipinski definition) is 2. The van der Waals surface area contributed by atoms with Gasteiger partial charge < -0.3 is 5.43 Å². The van der Waals surface area contributed by atoms with Gasteiger partial charge in [0.2, 0.25) is 0 Å². The molecule has 0 bridgehead atoms. The number of nitrogens with zero attached hydrogens (tertiary/aromatic N) is 1. The molecule has 0 aliphatic heterocycles. The molecule has 3 nitrogen and oxygen atoms in total. The third kappa shape index (κ3) is 1.75. The van der Waals surface area contributed by atoms with E-state index in [1.807, 2.05) is 13.8 Å². The third-order valence-corrected chi connectivity index (χ3v) is 0.996. The molecule has 0 aliphatic rings. The molecule has 0 aliphatic carbocycles. The molecule has 0 aromatic carbocycles. The summed E-state index contributed by atoms with van der Waals surface area (Å²) in [5.74, 6) is 5.05. The van der Waals surface area contributed by atoms with Gasteiger partial charge in [0, 0.05) is 5.70 Å². The SMILES string of the molecule is C=N/C(C)=C(/C)NN. The lowest BCUT2D eigenvalue weighted by atomic mass is 10.4. The fourth-order valence-corrected chi connectivity index (χ4v) is 0.223. The molecule has 46 valence electrons. The van der Waals surface area contributed by atoms with Crippen LogP contribution in [0, 0.1) is 0 Å². The Morgan fingerprint density at radius 3 is 2.25 bits per heavy atom. The molecule has 0 amide bonds. The normalized spacial score (nSPS) is 12.4. The summed E-state index contributed by atoms with van der Waals surface area (Å²) in [6.45, 7) is 7.00. The van der Waals surface area contributed by atoms with Crippen LogP contribution in [0.5, 0.6) is 0 Å². The van der Waals surface area contributed by atoms with E-state index in [0.717, 1.165) is 11.4 Å². The quantitative estimate of drug-likeness (QED) is 0.309. The van der Waals surface area contributed by atoms with Crippen LogP contribution in [-0.2, 0) is 0 Å². The van der Waals surface area contributed by atoms with Crippen LogP contribution in [0.15, 0.2) is 16.4 Å². The molecule has 0 unspecified atom stereocenters. The summed E-state index contributed by atoms with van der Waals surface area (Å²) in [6.07, 6.45) is 0. The van der Waals surface area contributed by atoms with Crippen LogP contribution in [0.4, 0.5) is 0 Å². The average Bonchev–Trinajstić information content (AvgIpc) is 1.84. The molecule has 3 N–H and O–H groups in total. The zero-order valence-corrected chi connectivity index (χ0v) is 5.23. The van der Waals surface area contributed by atoms with Gasteiger partial charge in [0.1, 0.15) is 0 Å². The Bertz CT molecular complexity index is 115. The fourth-order valence-electron chi connectivity index (χ4n) is 0.223. The standard InChI is InChI=1S/C5H11N3/c1-4(7-3)5(2)8-6/h8H,3,6H2,1-2H3/b5-4-. The average molecular weight is 113 g/mol. The van der Waals surface area contributed by atoms with Crippen molar-refractivity contribution in [3.05, 3.63) is 11.4 Å². The van der Waals surface area contributed by atoms with Gasteiger partial charge in [-0.3, -0.25) is 10.8 Å². The Labute approximate surface area is 49.3 Å². The van der Waals surface area contributed by atoms with E-state index >= 15 is 0 Å². The van der Waals surface area contributed by atoms with Gasteiger partial charge in [-0.05, 0) is 20.6 Å². The van der Waals surface area contributed by atoms with E-state index in [1.54, 1.807) is 0 Å². The Morgan fingerprint density at radius 1 is 1.62 bits per heavy atom. The van der Waals surface area contributed by atoms with E-state index in [1.165, 1.54) is 0 Å². The van der Waals surface area contributed by atoms with Crippen LogP contribution < -0.4 is 11.3 Å². The molecule has 0 rings (SSSR count). The number of nitrogens with one attached hydrogen (secondary N) is 1. The summed E-state index contributed by atoms with van der Waals surface area (Å²) in [5.41, 5.74) is 4.14. The molecule has 3 heteroatoms. The molecular weight excluding hydrogens is 102 g/mol. The summed E-state index contributed by atoms with van der Waals surface area (Å²) >= 11 is 0. The minimum absolute atomic E-state index is 0.826. The zero-order chi connectivity index (χ0) is 6.57. The number of allylic oxidation sites excluding steroid dienone is 2. The van der Waals surface area contributed by atoms with E-state index < -0.39 is 0 Å². The molecular formula is C5H11N3. The smallest absolute Gasteiger partial charge is 0.0565 e. The number of hydrogen-bond acceptors (Lipinski definition) is 3. The predicted molar refractivity (Wildman–Crippen MR) is 35.2 cm³/mol. The molecule has 8 heavy (non-hydrogen) atoms. The van der Waals surface area contributed by atoms with Crippen LogP contribution in [0.3, 0.4) is 0 Å². The number of hydrazine groups is 1. The van der Waals surface area contributed by atoms with Crippen molar-refractivity contribution in [2.45, 2.75) is 13.8 Å². The molecule has 0 heterocycles. The van der Waals surface area contributed by atoms with Crippen molar-refractivity contribution in [3.63, 3.8) is 0 Å². The van der Waals surface area contributed by atoms with Crippen molar-refractivity contribution in [3.8, 4) is 0 Å². The Kier molecular flexibility index (Phi) is 2.88. The topological polar surface area (TPSA) is 50.4 Å². The van der Waals surface area contributed by atoms with Crippen molar-refractivity contribution in [2.24, 2.45) is 10.8 Å². The fraction of sp³-hybridized carbons (Fsp3) is 0.400. The Hall–Kier alpha value is -0.830. The van der Waals surface area contributed by atoms with Gasteiger partial charge in [0.05, 0.1) is 5.70 Å². The van der Waals surface area contributed by atoms with Gasteiger partial charge >= 0.3 is 0 Å². The molecule has 0 saturated heterocycles. The molecule has 0 aromatic heterocycles. The summed E-state index contributed by atoms with van der Waals surface area (Å²) in [5, 5.41) is 0. The van der Waals surface area contributed by atoms with E-state index in [9.17, 15) is 0 Å². The van der Waals surface area contributed by atoms with Crippen molar-refractivity contribution in [1.29, 1.82) is 0 Å². The van der Waals surface area contributed by atoms with E-state index in [-0.39, 0.29) is 0 Å². The summed E-state index contributed by atoms with van der Waals surface area (Å²) < 4.78 is 0. The first kappa shape index (κ1) is 7.17. The highest BCUT2D eigenvalue weighted by Crippen LogP contribution is 1.96. The highest BCUT2D eigenvalue weighted by Gasteiger charge is 1.86. The van der Waals surface area contributed by atoms with Gasteiger partial charge in [0.15, 0.2) is 0 Å². The van der Waals surface area contributed by atoms with Gasteiger partial charge in [-0.15, -0.1) is 0 Å². The molecule has 0 saturated carbocycles. The van der Waals surface area contributed by atoms with Crippen LogP contribution in [0.2, 0.25) is 0 Å². The largest absolute Gasteiger partial charge is 0.327 e. The maximum Gasteiger partial charge on any atom is 0.0565 e. The van der Waals surface area contributed by atoms with Gasteiger partial charge in [0.25, 0.3) is 0 Å². The molecule has 0 aromatic rings. The van der Waals surface area contributed by atoms with Crippen molar-refractivity contribution >= 4 is 6.72 Å². The van der Waals surface area contributed by atoms with Crippen molar-refractivity contribution in [2.75, 3.05) is 0 Å². The maximum atomic E-state index is 5.05. The second kappa shape index (κ2) is 3.21. The van der Waals surface area contributed by atoms with Crippen LogP contribution in [0.25, 0.3) is 0 Å². The summed E-state index contributed by atoms with van der Waals surface area (Å²) in [7, 11) is 0. The van der Waals surface area contributed by atoms with Gasteiger partial charge in [-0.25, -0.2) is 0 Å². The lowest BCUT2D eigenvalue weighted by Gasteiger charge is -1.98. The van der Waals surface area contributed by atoms with Crippen LogP contribution in [-0.4, -0.2) is 6.72 Å². The molecule has 0 radical (unpaired) electrons. The number of nitrogens with two attached hydrogens (primary N) is 1. The lowest BCUT2D eigenvalue weighted by molar-refractivity contribution is 0.862. The Morgan fingerprint density at radius 2 is 2.12 bits per heavy atom. The second-order valence-corrected chi connectivity index (χ2v) is 1.51. The third-order valence-electron chi connectivity index (χ3n) is 0.996. The predicted octanol–water partition coefficient (Wildman–Crippen LogP) is 0.402. The second-order valence-electron chi connectivity index (χ2n) is 1.51. The first-order valence-electron chi connectivity index (χ1n) is 2.33. The molecule has 0 fully saturated rings. The molecule has 0 atom stereocenters. The minimum Gasteiger partial charge on any atom is -0.327 e. The van der Waals surface area contributed by atoms with Crippen LogP contribution in [0.1, 0.15) is 13.8 Å². The van der Waals surface area contributed by atoms with E-state index in [0.29, 0.717) is 0 Å². The summed E-state index contributed by atoms with van der Waals surface area (Å²) in [6, 6.07) is 0. The molecule has 0 spiro atoms. The first-order chi connectivity index (χ1) is 3.72. The first-order valence-corrected chi connectivity index (χ1v) is 2.33. The summed E-state index contributed by atoms with van der Waals surface area (Å²) in [4.78, 5) is 3.65. The van der Waals surface area contributed by atoms with Crippen molar-refractivity contribution < 1.29 is 0 Å². The highest BCUT2D eigenvalue weighted by molar-refractivity contribution is 5.29. The minimum atomic E-state index is 0.826. The van der Waals surface area contributed by atoms with Gasteiger partial charge in [-0.2, -0.15) is 0 Å². The monoisotopic (exact) mass is 113 g/mol. The number of aliphatic imine (C=N–C) groups is 1. The zero-order valence-electron chi connectivity index (χ0n) is 5.23. The van der Waals surface area contributed by atoms with E-state index in [2.05, 4.69) is 17.1 Å². The highest BCUT2D eigenvalue weighted by atomic mass is 15.2. The van der Waals surface area contributed by atoms with Crippen molar-refractivity contribution in [1.82, 2.24) is 5.43 Å². The Balaban J connectivity index is 4.03. The van der Waals surface area contributed by atoms with E-state index in [4.69, 9.17) is 5.84 Å². The maximum absolute atomic E-state index is 5.05.